The van der Waals surface area contributed by atoms with Crippen LogP contribution in [0.2, 0.25) is 0 Å². The Morgan fingerprint density at radius 2 is 1.89 bits per heavy atom. The molecule has 0 fully saturated rings. The second-order valence-electron chi connectivity index (χ2n) is 4.36. The van der Waals surface area contributed by atoms with Crippen LogP contribution < -0.4 is 11.1 Å². The number of halogens is 1. The second kappa shape index (κ2) is 5.40. The third-order valence-electron chi connectivity index (χ3n) is 2.87. The Balaban J connectivity index is 2.21. The summed E-state index contributed by atoms with van der Waals surface area (Å²) in [6.07, 6.45) is 3.38. The van der Waals surface area contributed by atoms with Gasteiger partial charge in [0.15, 0.2) is 0 Å². The topological polar surface area (TPSA) is 50.9 Å². The molecule has 1 unspecified atom stereocenters. The van der Waals surface area contributed by atoms with Crippen LogP contribution in [0.25, 0.3) is 0 Å². The number of aryl methyl sites for hydroxylation is 1. The lowest BCUT2D eigenvalue weighted by molar-refractivity contribution is 0.882. The second-order valence-corrected chi connectivity index (χ2v) is 5.22. The van der Waals surface area contributed by atoms with Crippen molar-refractivity contribution in [2.75, 3.05) is 11.1 Å². The molecular formula is C14H16BrN3. The minimum absolute atomic E-state index is 0.187. The summed E-state index contributed by atoms with van der Waals surface area (Å²) in [5, 5.41) is 3.40. The van der Waals surface area contributed by atoms with Crippen molar-refractivity contribution in [1.29, 1.82) is 0 Å². The van der Waals surface area contributed by atoms with Gasteiger partial charge in [-0.3, -0.25) is 4.98 Å². The van der Waals surface area contributed by atoms with Crippen molar-refractivity contribution in [2.45, 2.75) is 19.9 Å². The average molecular weight is 306 g/mol. The van der Waals surface area contributed by atoms with E-state index in [1.165, 1.54) is 11.1 Å². The molecule has 18 heavy (non-hydrogen) atoms. The molecule has 0 spiro atoms. The molecule has 3 nitrogen and oxygen atoms in total. The maximum Gasteiger partial charge on any atom is 0.0754 e. The van der Waals surface area contributed by atoms with Gasteiger partial charge in [0.25, 0.3) is 0 Å². The zero-order valence-electron chi connectivity index (χ0n) is 10.4. The van der Waals surface area contributed by atoms with Gasteiger partial charge in [-0.2, -0.15) is 0 Å². The Bertz CT molecular complexity index is 517. The van der Waals surface area contributed by atoms with Crippen LogP contribution in [-0.4, -0.2) is 4.98 Å². The first-order valence-corrected chi connectivity index (χ1v) is 6.59. The van der Waals surface area contributed by atoms with Gasteiger partial charge in [-0.25, -0.2) is 0 Å². The standard InChI is InChI=1S/C14H16BrN3/c1-9-3-5-11(6-4-9)10(2)18-14-12(15)7-17-8-13(14)16/h3-8,10H,16H2,1-2H3,(H,17,18). The zero-order valence-corrected chi connectivity index (χ0v) is 12.0. The summed E-state index contributed by atoms with van der Waals surface area (Å²) >= 11 is 3.45. The lowest BCUT2D eigenvalue weighted by atomic mass is 10.1. The van der Waals surface area contributed by atoms with Crippen molar-refractivity contribution in [3.05, 3.63) is 52.3 Å². The average Bonchev–Trinajstić information content (AvgIpc) is 2.34. The minimum atomic E-state index is 0.187. The summed E-state index contributed by atoms with van der Waals surface area (Å²) in [7, 11) is 0. The van der Waals surface area contributed by atoms with Crippen LogP contribution in [0.3, 0.4) is 0 Å². The predicted molar refractivity (Wildman–Crippen MR) is 79.6 cm³/mol. The first-order chi connectivity index (χ1) is 8.58. The Hall–Kier alpha value is -1.55. The summed E-state index contributed by atoms with van der Waals surface area (Å²) in [4.78, 5) is 4.02. The van der Waals surface area contributed by atoms with E-state index >= 15 is 0 Å². The molecule has 1 aromatic heterocycles. The molecule has 4 heteroatoms. The number of pyridine rings is 1. The number of nitrogens with zero attached hydrogens (tertiary/aromatic N) is 1. The molecule has 0 aliphatic carbocycles. The third kappa shape index (κ3) is 2.82. The fraction of sp³-hybridized carbons (Fsp3) is 0.214. The zero-order chi connectivity index (χ0) is 13.1. The molecule has 0 bridgehead atoms. The van der Waals surface area contributed by atoms with E-state index in [-0.39, 0.29) is 6.04 Å². The molecular weight excluding hydrogens is 290 g/mol. The fourth-order valence-corrected chi connectivity index (χ4v) is 2.22. The van der Waals surface area contributed by atoms with Gasteiger partial charge < -0.3 is 11.1 Å². The Morgan fingerprint density at radius 3 is 2.50 bits per heavy atom. The van der Waals surface area contributed by atoms with Crippen molar-refractivity contribution in [2.24, 2.45) is 0 Å². The van der Waals surface area contributed by atoms with Gasteiger partial charge in [0.05, 0.1) is 22.0 Å². The number of nitrogens with two attached hydrogens (primary N) is 1. The normalized spacial score (nSPS) is 12.2. The maximum absolute atomic E-state index is 5.92. The predicted octanol–water partition coefficient (Wildman–Crippen LogP) is 3.91. The van der Waals surface area contributed by atoms with Crippen LogP contribution in [0.15, 0.2) is 41.1 Å². The Morgan fingerprint density at radius 1 is 1.22 bits per heavy atom. The van der Waals surface area contributed by atoms with Crippen LogP contribution >= 0.6 is 15.9 Å². The number of hydrogen-bond acceptors (Lipinski definition) is 3. The number of nitrogen functional groups attached to an aromatic ring is 1. The van der Waals surface area contributed by atoms with Gasteiger partial charge in [0.1, 0.15) is 0 Å². The Labute approximate surface area is 116 Å². The molecule has 2 aromatic rings. The van der Waals surface area contributed by atoms with Crippen molar-refractivity contribution in [1.82, 2.24) is 4.98 Å². The number of benzene rings is 1. The quantitative estimate of drug-likeness (QED) is 0.904. The van der Waals surface area contributed by atoms with Crippen molar-refractivity contribution >= 4 is 27.3 Å². The van der Waals surface area contributed by atoms with E-state index in [4.69, 9.17) is 5.73 Å². The van der Waals surface area contributed by atoms with Gasteiger partial charge in [0, 0.05) is 12.2 Å². The molecule has 0 amide bonds. The lowest BCUT2D eigenvalue weighted by Crippen LogP contribution is -2.09. The number of rotatable bonds is 3. The molecule has 0 aliphatic rings. The molecule has 1 aromatic carbocycles. The molecule has 1 atom stereocenters. The molecule has 0 radical (unpaired) electrons. The summed E-state index contributed by atoms with van der Waals surface area (Å²) in [5.74, 6) is 0. The van der Waals surface area contributed by atoms with E-state index in [9.17, 15) is 0 Å². The monoisotopic (exact) mass is 305 g/mol. The molecule has 0 aliphatic heterocycles. The largest absolute Gasteiger partial charge is 0.396 e. The molecule has 0 saturated carbocycles. The van der Waals surface area contributed by atoms with E-state index in [2.05, 4.69) is 64.3 Å². The summed E-state index contributed by atoms with van der Waals surface area (Å²) in [5.41, 5.74) is 9.93. The van der Waals surface area contributed by atoms with Crippen molar-refractivity contribution < 1.29 is 0 Å². The molecule has 2 rings (SSSR count). The van der Waals surface area contributed by atoms with E-state index in [1.807, 2.05) is 0 Å². The highest BCUT2D eigenvalue weighted by Gasteiger charge is 2.10. The summed E-state index contributed by atoms with van der Waals surface area (Å²) in [6, 6.07) is 8.65. The van der Waals surface area contributed by atoms with Gasteiger partial charge in [-0.05, 0) is 35.3 Å². The number of hydrogen-bond donors (Lipinski definition) is 2. The molecule has 94 valence electrons. The van der Waals surface area contributed by atoms with Gasteiger partial charge in [-0.1, -0.05) is 29.8 Å². The van der Waals surface area contributed by atoms with Crippen LogP contribution in [0, 0.1) is 6.92 Å². The SMILES string of the molecule is Cc1ccc(C(C)Nc2c(N)cncc2Br)cc1. The number of aromatic nitrogens is 1. The van der Waals surface area contributed by atoms with Crippen molar-refractivity contribution in [3.63, 3.8) is 0 Å². The van der Waals surface area contributed by atoms with Crippen LogP contribution in [-0.2, 0) is 0 Å². The van der Waals surface area contributed by atoms with Crippen LogP contribution in [0.5, 0.6) is 0 Å². The summed E-state index contributed by atoms with van der Waals surface area (Å²) in [6.45, 7) is 4.19. The third-order valence-corrected chi connectivity index (χ3v) is 3.47. The van der Waals surface area contributed by atoms with Crippen LogP contribution in [0.4, 0.5) is 11.4 Å². The van der Waals surface area contributed by atoms with Crippen LogP contribution in [0.1, 0.15) is 24.1 Å². The highest BCUT2D eigenvalue weighted by molar-refractivity contribution is 9.10. The van der Waals surface area contributed by atoms with E-state index < -0.39 is 0 Å². The fourth-order valence-electron chi connectivity index (χ4n) is 1.76. The molecule has 3 N–H and O–H groups in total. The smallest absolute Gasteiger partial charge is 0.0754 e. The van der Waals surface area contributed by atoms with Gasteiger partial charge in [-0.15, -0.1) is 0 Å². The minimum Gasteiger partial charge on any atom is -0.396 e. The number of nitrogens with one attached hydrogen (secondary N) is 1. The van der Waals surface area contributed by atoms with E-state index in [0.717, 1.165) is 10.2 Å². The first-order valence-electron chi connectivity index (χ1n) is 5.80. The maximum atomic E-state index is 5.92. The highest BCUT2D eigenvalue weighted by atomic mass is 79.9. The lowest BCUT2D eigenvalue weighted by Gasteiger charge is -2.18. The van der Waals surface area contributed by atoms with Gasteiger partial charge >= 0.3 is 0 Å². The summed E-state index contributed by atoms with van der Waals surface area (Å²) < 4.78 is 0.876. The molecule has 0 saturated heterocycles. The Kier molecular flexibility index (Phi) is 3.87. The van der Waals surface area contributed by atoms with E-state index in [1.54, 1.807) is 12.4 Å². The van der Waals surface area contributed by atoms with Crippen molar-refractivity contribution in [3.8, 4) is 0 Å². The first kappa shape index (κ1) is 12.9. The van der Waals surface area contributed by atoms with Gasteiger partial charge in [0.2, 0.25) is 0 Å². The number of anilines is 2. The highest BCUT2D eigenvalue weighted by Crippen LogP contribution is 2.30. The van der Waals surface area contributed by atoms with E-state index in [0.29, 0.717) is 5.69 Å². The molecule has 1 heterocycles.